The molecule has 0 bridgehead atoms. The van der Waals surface area contributed by atoms with Gasteiger partial charge in [0.25, 0.3) is 0 Å². The van der Waals surface area contributed by atoms with E-state index in [1.807, 2.05) is 30.3 Å². The third-order valence-electron chi connectivity index (χ3n) is 4.28. The Morgan fingerprint density at radius 2 is 1.89 bits per heavy atom. The molecule has 3 nitrogen and oxygen atoms in total. The zero-order chi connectivity index (χ0) is 12.6. The molecule has 2 heterocycles. The van der Waals surface area contributed by atoms with Gasteiger partial charge in [0, 0.05) is 19.5 Å². The number of rotatable bonds is 1. The zero-order valence-corrected chi connectivity index (χ0v) is 10.8. The largest absolute Gasteiger partial charge is 0.458 e. The van der Waals surface area contributed by atoms with Gasteiger partial charge in [0.2, 0.25) is 0 Å². The monoisotopic (exact) mass is 245 g/mol. The lowest BCUT2D eigenvalue weighted by atomic mass is 9.83. The van der Waals surface area contributed by atoms with Crippen LogP contribution in [0.25, 0.3) is 0 Å². The minimum absolute atomic E-state index is 0.0363. The fraction of sp³-hybridized carbons (Fsp3) is 0.533. The maximum atomic E-state index is 12.1. The molecule has 0 amide bonds. The van der Waals surface area contributed by atoms with Crippen LogP contribution in [-0.4, -0.2) is 36.6 Å². The second-order valence-electron chi connectivity index (χ2n) is 5.57. The van der Waals surface area contributed by atoms with Crippen molar-refractivity contribution >= 4 is 5.97 Å². The van der Waals surface area contributed by atoms with Gasteiger partial charge >= 0.3 is 5.97 Å². The van der Waals surface area contributed by atoms with Crippen LogP contribution in [0.4, 0.5) is 0 Å². The first-order chi connectivity index (χ1) is 8.69. The van der Waals surface area contributed by atoms with E-state index in [0.717, 1.165) is 37.9 Å². The van der Waals surface area contributed by atoms with E-state index in [9.17, 15) is 4.79 Å². The first-order valence-electron chi connectivity index (χ1n) is 6.65. The van der Waals surface area contributed by atoms with E-state index in [1.165, 1.54) is 0 Å². The molecule has 1 spiro atoms. The predicted octanol–water partition coefficient (Wildman–Crippen LogP) is 2.18. The summed E-state index contributed by atoms with van der Waals surface area (Å²) in [7, 11) is 2.12. The quantitative estimate of drug-likeness (QED) is 0.710. The Bertz CT molecular complexity index is 435. The summed E-state index contributed by atoms with van der Waals surface area (Å²) >= 11 is 0. The van der Waals surface area contributed by atoms with Crippen molar-refractivity contribution in [2.24, 2.45) is 0 Å². The highest BCUT2D eigenvalue weighted by Gasteiger charge is 2.48. The maximum Gasteiger partial charge on any atom is 0.314 e. The van der Waals surface area contributed by atoms with Crippen molar-refractivity contribution in [3.05, 3.63) is 35.9 Å². The number of carbonyl (C=O) groups is 1. The molecule has 3 heteroatoms. The molecule has 2 aliphatic rings. The predicted molar refractivity (Wildman–Crippen MR) is 69.4 cm³/mol. The summed E-state index contributed by atoms with van der Waals surface area (Å²) < 4.78 is 5.74. The normalized spacial score (nSPS) is 27.4. The lowest BCUT2D eigenvalue weighted by Gasteiger charge is -2.36. The molecule has 18 heavy (non-hydrogen) atoms. The number of carbonyl (C=O) groups excluding carboxylic acids is 1. The first kappa shape index (κ1) is 11.7. The average Bonchev–Trinajstić information content (AvgIpc) is 2.72. The lowest BCUT2D eigenvalue weighted by molar-refractivity contribution is -0.152. The van der Waals surface area contributed by atoms with Crippen molar-refractivity contribution in [3.63, 3.8) is 0 Å². The highest BCUT2D eigenvalue weighted by Crippen LogP contribution is 2.43. The Balaban J connectivity index is 1.78. The topological polar surface area (TPSA) is 29.5 Å². The second kappa shape index (κ2) is 4.39. The Labute approximate surface area is 108 Å². The molecule has 0 radical (unpaired) electrons. The summed E-state index contributed by atoms with van der Waals surface area (Å²) in [6.45, 7) is 2.05. The second-order valence-corrected chi connectivity index (χ2v) is 5.57. The number of likely N-dealkylation sites (tertiary alicyclic amines) is 1. The molecule has 0 aliphatic carbocycles. The van der Waals surface area contributed by atoms with Crippen LogP contribution in [0, 0.1) is 0 Å². The molecule has 1 atom stereocenters. The van der Waals surface area contributed by atoms with Gasteiger partial charge in [-0.3, -0.25) is 4.79 Å². The van der Waals surface area contributed by atoms with Crippen LogP contribution < -0.4 is 0 Å². The zero-order valence-electron chi connectivity index (χ0n) is 10.8. The molecule has 96 valence electrons. The van der Waals surface area contributed by atoms with Crippen LogP contribution in [0.3, 0.4) is 0 Å². The van der Waals surface area contributed by atoms with E-state index in [4.69, 9.17) is 4.74 Å². The Morgan fingerprint density at radius 3 is 2.56 bits per heavy atom. The standard InChI is InChI=1S/C15H19NO2/c1-16-9-7-15(8-10-16)11-13(14(17)18-15)12-5-3-2-4-6-12/h2-6,13H,7-11H2,1H3. The number of hydrogen-bond donors (Lipinski definition) is 0. The van der Waals surface area contributed by atoms with Crippen LogP contribution in [-0.2, 0) is 9.53 Å². The van der Waals surface area contributed by atoms with Gasteiger partial charge in [-0.2, -0.15) is 0 Å². The molecule has 0 saturated carbocycles. The third-order valence-corrected chi connectivity index (χ3v) is 4.28. The first-order valence-corrected chi connectivity index (χ1v) is 6.65. The molecule has 0 aromatic heterocycles. The lowest BCUT2D eigenvalue weighted by Crippen LogP contribution is -2.42. The van der Waals surface area contributed by atoms with E-state index in [0.29, 0.717) is 0 Å². The summed E-state index contributed by atoms with van der Waals surface area (Å²) in [6.07, 6.45) is 2.79. The number of piperidine rings is 1. The summed E-state index contributed by atoms with van der Waals surface area (Å²) in [6, 6.07) is 10.0. The fourth-order valence-electron chi connectivity index (χ4n) is 3.05. The molecule has 1 unspecified atom stereocenters. The van der Waals surface area contributed by atoms with Gasteiger partial charge in [-0.1, -0.05) is 30.3 Å². The Kier molecular flexibility index (Phi) is 2.86. The highest BCUT2D eigenvalue weighted by molar-refractivity contribution is 5.81. The number of esters is 1. The Hall–Kier alpha value is -1.35. The molecular weight excluding hydrogens is 226 g/mol. The minimum Gasteiger partial charge on any atom is -0.458 e. The molecule has 2 fully saturated rings. The van der Waals surface area contributed by atoms with Crippen molar-refractivity contribution < 1.29 is 9.53 Å². The smallest absolute Gasteiger partial charge is 0.314 e. The average molecular weight is 245 g/mol. The molecule has 0 N–H and O–H groups in total. The molecular formula is C15H19NO2. The van der Waals surface area contributed by atoms with Crippen molar-refractivity contribution in [1.29, 1.82) is 0 Å². The molecule has 1 aromatic carbocycles. The third kappa shape index (κ3) is 2.03. The van der Waals surface area contributed by atoms with Gasteiger partial charge in [0.15, 0.2) is 0 Å². The van der Waals surface area contributed by atoms with Gasteiger partial charge in [0.1, 0.15) is 5.60 Å². The molecule has 3 rings (SSSR count). The van der Waals surface area contributed by atoms with E-state index in [-0.39, 0.29) is 17.5 Å². The number of hydrogen-bond acceptors (Lipinski definition) is 3. The summed E-state index contributed by atoms with van der Waals surface area (Å²) in [5, 5.41) is 0. The molecule has 1 aromatic rings. The van der Waals surface area contributed by atoms with Crippen LogP contribution in [0.5, 0.6) is 0 Å². The summed E-state index contributed by atoms with van der Waals surface area (Å²) in [5.41, 5.74) is 0.905. The van der Waals surface area contributed by atoms with Crippen LogP contribution >= 0.6 is 0 Å². The van der Waals surface area contributed by atoms with Gasteiger partial charge < -0.3 is 9.64 Å². The van der Waals surface area contributed by atoms with Crippen molar-refractivity contribution in [2.75, 3.05) is 20.1 Å². The number of nitrogens with zero attached hydrogens (tertiary/aromatic N) is 1. The fourth-order valence-corrected chi connectivity index (χ4v) is 3.05. The highest BCUT2D eigenvalue weighted by atomic mass is 16.6. The van der Waals surface area contributed by atoms with Crippen molar-refractivity contribution in [2.45, 2.75) is 30.8 Å². The van der Waals surface area contributed by atoms with E-state index in [2.05, 4.69) is 11.9 Å². The maximum absolute atomic E-state index is 12.1. The van der Waals surface area contributed by atoms with E-state index >= 15 is 0 Å². The summed E-state index contributed by atoms with van der Waals surface area (Å²) in [4.78, 5) is 14.4. The van der Waals surface area contributed by atoms with Crippen LogP contribution in [0.2, 0.25) is 0 Å². The van der Waals surface area contributed by atoms with Gasteiger partial charge in [-0.15, -0.1) is 0 Å². The van der Waals surface area contributed by atoms with Crippen molar-refractivity contribution in [1.82, 2.24) is 4.90 Å². The SMILES string of the molecule is CN1CCC2(CC1)CC(c1ccccc1)C(=O)O2. The molecule has 2 aliphatic heterocycles. The van der Waals surface area contributed by atoms with Gasteiger partial charge in [-0.25, -0.2) is 0 Å². The van der Waals surface area contributed by atoms with E-state index in [1.54, 1.807) is 0 Å². The van der Waals surface area contributed by atoms with Crippen LogP contribution in [0.1, 0.15) is 30.7 Å². The van der Waals surface area contributed by atoms with Crippen molar-refractivity contribution in [3.8, 4) is 0 Å². The van der Waals surface area contributed by atoms with Crippen LogP contribution in [0.15, 0.2) is 30.3 Å². The summed E-state index contributed by atoms with van der Waals surface area (Å²) in [5.74, 6) is -0.0969. The van der Waals surface area contributed by atoms with Gasteiger partial charge in [0.05, 0.1) is 5.92 Å². The molecule has 2 saturated heterocycles. The number of benzene rings is 1. The number of ether oxygens (including phenoxy) is 1. The van der Waals surface area contributed by atoms with E-state index < -0.39 is 0 Å². The Morgan fingerprint density at radius 1 is 1.22 bits per heavy atom. The van der Waals surface area contributed by atoms with Gasteiger partial charge in [-0.05, 0) is 25.5 Å². The minimum atomic E-state index is -0.190.